The molecule has 26 heavy (non-hydrogen) atoms. The van der Waals surface area contributed by atoms with Gasteiger partial charge in [-0.25, -0.2) is 8.42 Å². The predicted octanol–water partition coefficient (Wildman–Crippen LogP) is 0.399. The fourth-order valence-corrected chi connectivity index (χ4v) is 5.12. The summed E-state index contributed by atoms with van der Waals surface area (Å²) in [5.74, 6) is -0.886. The van der Waals surface area contributed by atoms with Crippen LogP contribution in [0, 0.1) is 5.92 Å². The molecule has 2 heterocycles. The smallest absolute Gasteiger partial charge is 0.269 e. The van der Waals surface area contributed by atoms with E-state index in [0.717, 1.165) is 12.1 Å². The molecule has 2 N–H and O–H groups in total. The maximum Gasteiger partial charge on any atom is 0.269 e. The van der Waals surface area contributed by atoms with Gasteiger partial charge >= 0.3 is 0 Å². The van der Waals surface area contributed by atoms with E-state index in [1.807, 2.05) is 0 Å². The molecular formula is C17H21N3O5S. The molecule has 2 aliphatic heterocycles. The standard InChI is InChI=1S/C17H21N3O5S/c21-15(10-12-7-9-26(24,25)11-12)18-19-17(23)13-3-5-14(6-4-13)20-8-1-2-16(20)22/h3-6,12H,1-2,7-11H2,(H,18,21)(H,19,23). The van der Waals surface area contributed by atoms with Crippen molar-refractivity contribution in [2.24, 2.45) is 5.92 Å². The zero-order valence-corrected chi connectivity index (χ0v) is 15.0. The van der Waals surface area contributed by atoms with Crippen molar-refractivity contribution >= 4 is 33.2 Å². The van der Waals surface area contributed by atoms with Gasteiger partial charge in [0.15, 0.2) is 9.84 Å². The number of sulfone groups is 1. The molecule has 3 amide bonds. The summed E-state index contributed by atoms with van der Waals surface area (Å²) in [6.07, 6.45) is 1.90. The van der Waals surface area contributed by atoms with Crippen LogP contribution in [0.25, 0.3) is 0 Å². The molecule has 0 aliphatic carbocycles. The second-order valence-corrected chi connectivity index (χ2v) is 8.90. The molecule has 0 aromatic heterocycles. The van der Waals surface area contributed by atoms with E-state index in [0.29, 0.717) is 24.9 Å². The number of amides is 3. The van der Waals surface area contributed by atoms with Crippen molar-refractivity contribution in [3.05, 3.63) is 29.8 Å². The first-order chi connectivity index (χ1) is 12.3. The van der Waals surface area contributed by atoms with Crippen molar-refractivity contribution in [2.75, 3.05) is 23.0 Å². The van der Waals surface area contributed by atoms with Gasteiger partial charge in [0.05, 0.1) is 11.5 Å². The number of carbonyl (C=O) groups excluding carboxylic acids is 3. The largest absolute Gasteiger partial charge is 0.312 e. The van der Waals surface area contributed by atoms with Gasteiger partial charge in [-0.15, -0.1) is 0 Å². The van der Waals surface area contributed by atoms with Crippen molar-refractivity contribution in [3.63, 3.8) is 0 Å². The van der Waals surface area contributed by atoms with Crippen LogP contribution >= 0.6 is 0 Å². The van der Waals surface area contributed by atoms with Gasteiger partial charge in [-0.1, -0.05) is 0 Å². The zero-order chi connectivity index (χ0) is 18.7. The Bertz CT molecular complexity index is 819. The summed E-state index contributed by atoms with van der Waals surface area (Å²) in [6.45, 7) is 0.678. The minimum atomic E-state index is -3.03. The van der Waals surface area contributed by atoms with Gasteiger partial charge in [0, 0.05) is 30.6 Å². The lowest BCUT2D eigenvalue weighted by Crippen LogP contribution is -2.42. The summed E-state index contributed by atoms with van der Waals surface area (Å²) in [5.41, 5.74) is 5.73. The third-order valence-electron chi connectivity index (χ3n) is 4.63. The lowest BCUT2D eigenvalue weighted by atomic mass is 10.1. The number of hydrogen-bond donors (Lipinski definition) is 2. The van der Waals surface area contributed by atoms with E-state index in [1.165, 1.54) is 0 Å². The van der Waals surface area contributed by atoms with E-state index < -0.39 is 21.7 Å². The monoisotopic (exact) mass is 379 g/mol. The van der Waals surface area contributed by atoms with Crippen molar-refractivity contribution in [1.29, 1.82) is 0 Å². The summed E-state index contributed by atoms with van der Waals surface area (Å²) in [5, 5.41) is 0. The first-order valence-electron chi connectivity index (χ1n) is 8.54. The van der Waals surface area contributed by atoms with Crippen molar-refractivity contribution in [2.45, 2.75) is 25.7 Å². The predicted molar refractivity (Wildman–Crippen MR) is 95.0 cm³/mol. The van der Waals surface area contributed by atoms with Crippen LogP contribution in [0.5, 0.6) is 0 Å². The van der Waals surface area contributed by atoms with E-state index in [2.05, 4.69) is 10.9 Å². The highest BCUT2D eigenvalue weighted by molar-refractivity contribution is 7.91. The topological polar surface area (TPSA) is 113 Å². The van der Waals surface area contributed by atoms with E-state index in [1.54, 1.807) is 29.2 Å². The number of carbonyl (C=O) groups is 3. The van der Waals surface area contributed by atoms with Gasteiger partial charge in [0.25, 0.3) is 5.91 Å². The molecule has 9 heteroatoms. The number of hydrogen-bond acceptors (Lipinski definition) is 5. The Hall–Kier alpha value is -2.42. The van der Waals surface area contributed by atoms with Gasteiger partial charge in [0.1, 0.15) is 0 Å². The number of rotatable bonds is 4. The molecule has 1 atom stereocenters. The average Bonchev–Trinajstić information content (AvgIpc) is 3.18. The number of nitrogens with one attached hydrogen (secondary N) is 2. The number of nitrogens with zero attached hydrogens (tertiary/aromatic N) is 1. The van der Waals surface area contributed by atoms with Crippen LogP contribution in [-0.4, -0.2) is 44.2 Å². The van der Waals surface area contributed by atoms with Crippen LogP contribution in [0.3, 0.4) is 0 Å². The third-order valence-corrected chi connectivity index (χ3v) is 6.47. The maximum absolute atomic E-state index is 12.1. The summed E-state index contributed by atoms with van der Waals surface area (Å²) < 4.78 is 22.8. The van der Waals surface area contributed by atoms with Crippen LogP contribution in [-0.2, 0) is 19.4 Å². The minimum absolute atomic E-state index is 0.0189. The molecule has 2 aliphatic rings. The molecule has 1 aromatic rings. The summed E-state index contributed by atoms with van der Waals surface area (Å²) in [7, 11) is -3.03. The molecule has 140 valence electrons. The quantitative estimate of drug-likeness (QED) is 0.736. The molecule has 0 saturated carbocycles. The van der Waals surface area contributed by atoms with Crippen LogP contribution in [0.15, 0.2) is 24.3 Å². The highest BCUT2D eigenvalue weighted by Crippen LogP contribution is 2.22. The average molecular weight is 379 g/mol. The SMILES string of the molecule is O=C(CC1CCS(=O)(=O)C1)NNC(=O)c1ccc(N2CCCC2=O)cc1. The zero-order valence-electron chi connectivity index (χ0n) is 14.2. The van der Waals surface area contributed by atoms with Gasteiger partial charge in [-0.3, -0.25) is 25.2 Å². The van der Waals surface area contributed by atoms with E-state index in [4.69, 9.17) is 0 Å². The van der Waals surface area contributed by atoms with Crippen molar-refractivity contribution in [1.82, 2.24) is 10.9 Å². The van der Waals surface area contributed by atoms with E-state index in [9.17, 15) is 22.8 Å². The molecule has 1 aromatic carbocycles. The van der Waals surface area contributed by atoms with Gasteiger partial charge in [0.2, 0.25) is 11.8 Å². The van der Waals surface area contributed by atoms with Crippen LogP contribution < -0.4 is 15.8 Å². The van der Waals surface area contributed by atoms with Crippen LogP contribution in [0.2, 0.25) is 0 Å². The lowest BCUT2D eigenvalue weighted by molar-refractivity contribution is -0.122. The molecule has 2 saturated heterocycles. The number of hydrazine groups is 1. The Kier molecular flexibility index (Phi) is 5.26. The minimum Gasteiger partial charge on any atom is -0.312 e. The Morgan fingerprint density at radius 3 is 2.46 bits per heavy atom. The normalized spacial score (nSPS) is 21.6. The van der Waals surface area contributed by atoms with Gasteiger partial charge in [-0.2, -0.15) is 0 Å². The highest BCUT2D eigenvalue weighted by Gasteiger charge is 2.29. The second kappa shape index (κ2) is 7.45. The molecule has 0 bridgehead atoms. The fourth-order valence-electron chi connectivity index (χ4n) is 3.26. The number of benzene rings is 1. The van der Waals surface area contributed by atoms with Gasteiger partial charge < -0.3 is 4.90 Å². The van der Waals surface area contributed by atoms with Crippen LogP contribution in [0.1, 0.15) is 36.0 Å². The molecule has 0 radical (unpaired) electrons. The summed E-state index contributed by atoms with van der Waals surface area (Å²) in [4.78, 5) is 37.3. The van der Waals surface area contributed by atoms with E-state index in [-0.39, 0.29) is 29.8 Å². The highest BCUT2D eigenvalue weighted by atomic mass is 32.2. The maximum atomic E-state index is 12.1. The fraction of sp³-hybridized carbons (Fsp3) is 0.471. The lowest BCUT2D eigenvalue weighted by Gasteiger charge is -2.16. The molecular weight excluding hydrogens is 358 g/mol. The first kappa shape index (κ1) is 18.4. The van der Waals surface area contributed by atoms with E-state index >= 15 is 0 Å². The first-order valence-corrected chi connectivity index (χ1v) is 10.4. The second-order valence-electron chi connectivity index (χ2n) is 6.67. The van der Waals surface area contributed by atoms with Crippen molar-refractivity contribution in [3.8, 4) is 0 Å². The Morgan fingerprint density at radius 2 is 1.88 bits per heavy atom. The Morgan fingerprint density at radius 1 is 1.15 bits per heavy atom. The molecule has 0 spiro atoms. The number of anilines is 1. The van der Waals surface area contributed by atoms with Gasteiger partial charge in [-0.05, 0) is 43.0 Å². The molecule has 3 rings (SSSR count). The Balaban J connectivity index is 1.48. The molecule has 2 fully saturated rings. The van der Waals surface area contributed by atoms with Crippen LogP contribution in [0.4, 0.5) is 5.69 Å². The summed E-state index contributed by atoms with van der Waals surface area (Å²) in [6, 6.07) is 6.57. The van der Waals surface area contributed by atoms with Crippen molar-refractivity contribution < 1.29 is 22.8 Å². The molecule has 8 nitrogen and oxygen atoms in total. The third kappa shape index (κ3) is 4.40. The summed E-state index contributed by atoms with van der Waals surface area (Å²) >= 11 is 0. The Labute approximate surface area is 151 Å². The molecule has 1 unspecified atom stereocenters.